The number of hydrogen-bond acceptors (Lipinski definition) is 6. The standard InChI is InChI=1S/C22H13ClN2O6/c23-9-5-7-10(8-6-9)25-20(28)13-14(21(25)29)17(22(30)31)24-16(13)15-18(26)11-3-1-2-4-12(11)19(15)27/h1-8,15,17,28-29H,(H,30,31). The van der Waals surface area contributed by atoms with Gasteiger partial charge in [0.1, 0.15) is 5.92 Å². The molecule has 3 N–H and O–H groups in total. The van der Waals surface area contributed by atoms with Crippen molar-refractivity contribution in [1.82, 2.24) is 4.57 Å². The van der Waals surface area contributed by atoms with E-state index >= 15 is 0 Å². The lowest BCUT2D eigenvalue weighted by Crippen LogP contribution is -2.25. The first-order valence-electron chi connectivity index (χ1n) is 9.22. The van der Waals surface area contributed by atoms with Crippen LogP contribution in [0.5, 0.6) is 11.8 Å². The summed E-state index contributed by atoms with van der Waals surface area (Å²) in [4.78, 5) is 41.9. The molecule has 1 aliphatic heterocycles. The highest BCUT2D eigenvalue weighted by Gasteiger charge is 2.49. The molecule has 2 aromatic carbocycles. The Labute approximate surface area is 179 Å². The van der Waals surface area contributed by atoms with Crippen LogP contribution in [0.25, 0.3) is 5.69 Å². The Balaban J connectivity index is 1.72. The second kappa shape index (κ2) is 6.55. The predicted octanol–water partition coefficient (Wildman–Crippen LogP) is 3.17. The van der Waals surface area contributed by atoms with Crippen LogP contribution in [0.4, 0.5) is 0 Å². The van der Waals surface area contributed by atoms with Crippen LogP contribution < -0.4 is 0 Å². The van der Waals surface area contributed by atoms with Gasteiger partial charge < -0.3 is 15.3 Å². The van der Waals surface area contributed by atoms with Gasteiger partial charge in [-0.2, -0.15) is 0 Å². The molecule has 1 aliphatic carbocycles. The Morgan fingerprint density at radius 1 is 0.935 bits per heavy atom. The van der Waals surface area contributed by atoms with Crippen molar-refractivity contribution in [1.29, 1.82) is 0 Å². The van der Waals surface area contributed by atoms with Crippen molar-refractivity contribution < 1.29 is 29.7 Å². The molecule has 0 fully saturated rings. The lowest BCUT2D eigenvalue weighted by molar-refractivity contribution is -0.138. The van der Waals surface area contributed by atoms with Crippen molar-refractivity contribution in [2.24, 2.45) is 10.9 Å². The molecular formula is C22H13ClN2O6. The van der Waals surface area contributed by atoms with Crippen LogP contribution in [0.15, 0.2) is 53.5 Å². The van der Waals surface area contributed by atoms with E-state index in [2.05, 4.69) is 4.99 Å². The number of benzene rings is 2. The number of carbonyl (C=O) groups excluding carboxylic acids is 2. The van der Waals surface area contributed by atoms with Crippen LogP contribution in [0.1, 0.15) is 37.9 Å². The van der Waals surface area contributed by atoms with E-state index < -0.39 is 41.3 Å². The van der Waals surface area contributed by atoms with E-state index in [9.17, 15) is 29.7 Å². The third kappa shape index (κ3) is 2.55. The van der Waals surface area contributed by atoms with Crippen LogP contribution in [-0.4, -0.2) is 43.1 Å². The third-order valence-corrected chi connectivity index (χ3v) is 5.78. The fraction of sp³-hybridized carbons (Fsp3) is 0.0909. The summed E-state index contributed by atoms with van der Waals surface area (Å²) in [6, 6.07) is 10.8. The number of halogens is 1. The number of aromatic nitrogens is 1. The highest BCUT2D eigenvalue weighted by Crippen LogP contribution is 2.48. The maximum absolute atomic E-state index is 13.0. The van der Waals surface area contributed by atoms with E-state index in [1.54, 1.807) is 12.1 Å². The summed E-state index contributed by atoms with van der Waals surface area (Å²) in [7, 11) is 0. The molecule has 0 saturated carbocycles. The van der Waals surface area contributed by atoms with Gasteiger partial charge in [-0.25, -0.2) is 4.79 Å². The van der Waals surface area contributed by atoms with Gasteiger partial charge in [0.2, 0.25) is 11.8 Å². The van der Waals surface area contributed by atoms with E-state index in [1.165, 1.54) is 36.4 Å². The Bertz CT molecular complexity index is 1300. The van der Waals surface area contributed by atoms with Crippen LogP contribution in [0, 0.1) is 5.92 Å². The zero-order valence-electron chi connectivity index (χ0n) is 15.6. The molecular weight excluding hydrogens is 424 g/mol. The van der Waals surface area contributed by atoms with Gasteiger partial charge in [-0.05, 0) is 24.3 Å². The molecule has 2 heterocycles. The minimum Gasteiger partial charge on any atom is -0.494 e. The lowest BCUT2D eigenvalue weighted by Gasteiger charge is -2.11. The number of aliphatic imine (C=N–C) groups is 1. The number of rotatable bonds is 3. The second-order valence-electron chi connectivity index (χ2n) is 7.21. The van der Waals surface area contributed by atoms with E-state index in [4.69, 9.17) is 11.6 Å². The maximum atomic E-state index is 13.0. The molecule has 9 heteroatoms. The minimum absolute atomic E-state index is 0.126. The summed E-state index contributed by atoms with van der Waals surface area (Å²) < 4.78 is 1.03. The first kappa shape index (κ1) is 19.1. The van der Waals surface area contributed by atoms with Crippen LogP contribution in [0.2, 0.25) is 5.02 Å². The SMILES string of the molecule is O=C1c2ccccc2C(=O)C1C1=NC(C(=O)O)c2c1c(O)n(-c1ccc(Cl)cc1)c2O. The van der Waals surface area contributed by atoms with Gasteiger partial charge in [0.15, 0.2) is 17.6 Å². The van der Waals surface area contributed by atoms with E-state index in [-0.39, 0.29) is 28.0 Å². The summed E-state index contributed by atoms with van der Waals surface area (Å²) in [5, 5.41) is 31.8. The van der Waals surface area contributed by atoms with E-state index in [0.717, 1.165) is 4.57 Å². The van der Waals surface area contributed by atoms with Gasteiger partial charge in [-0.15, -0.1) is 0 Å². The Hall–Kier alpha value is -3.91. The fourth-order valence-corrected chi connectivity index (χ4v) is 4.29. The Morgan fingerprint density at radius 3 is 2.06 bits per heavy atom. The number of aromatic hydroxyl groups is 2. The molecule has 1 atom stereocenters. The van der Waals surface area contributed by atoms with Crippen molar-refractivity contribution in [2.75, 3.05) is 0 Å². The van der Waals surface area contributed by atoms with Crippen molar-refractivity contribution in [3.05, 3.63) is 75.8 Å². The number of fused-ring (bicyclic) bond motifs is 2. The molecule has 0 spiro atoms. The van der Waals surface area contributed by atoms with Gasteiger partial charge in [0.25, 0.3) is 0 Å². The quantitative estimate of drug-likeness (QED) is 0.541. The molecule has 0 bridgehead atoms. The van der Waals surface area contributed by atoms with Crippen LogP contribution >= 0.6 is 11.6 Å². The summed E-state index contributed by atoms with van der Waals surface area (Å²) in [6.45, 7) is 0. The lowest BCUT2D eigenvalue weighted by atomic mass is 9.92. The predicted molar refractivity (Wildman–Crippen MR) is 110 cm³/mol. The molecule has 31 heavy (non-hydrogen) atoms. The molecule has 8 nitrogen and oxygen atoms in total. The maximum Gasteiger partial charge on any atom is 0.333 e. The number of carbonyl (C=O) groups is 3. The van der Waals surface area contributed by atoms with Crippen LogP contribution in [-0.2, 0) is 4.79 Å². The number of carboxylic acid groups (broad SMARTS) is 1. The van der Waals surface area contributed by atoms with Gasteiger partial charge >= 0.3 is 5.97 Å². The number of hydrogen-bond donors (Lipinski definition) is 3. The Kier molecular flexibility index (Phi) is 4.03. The monoisotopic (exact) mass is 436 g/mol. The zero-order valence-corrected chi connectivity index (χ0v) is 16.4. The average molecular weight is 437 g/mol. The first-order valence-corrected chi connectivity index (χ1v) is 9.59. The molecule has 0 saturated heterocycles. The summed E-state index contributed by atoms with van der Waals surface area (Å²) >= 11 is 5.90. The molecule has 1 aromatic heterocycles. The largest absolute Gasteiger partial charge is 0.494 e. The highest BCUT2D eigenvalue weighted by molar-refractivity contribution is 6.40. The highest BCUT2D eigenvalue weighted by atomic mass is 35.5. The van der Waals surface area contributed by atoms with Crippen molar-refractivity contribution >= 4 is 34.8 Å². The van der Waals surface area contributed by atoms with Crippen molar-refractivity contribution in [2.45, 2.75) is 6.04 Å². The third-order valence-electron chi connectivity index (χ3n) is 5.53. The molecule has 1 unspecified atom stereocenters. The Morgan fingerprint density at radius 2 is 1.52 bits per heavy atom. The molecule has 3 aromatic rings. The molecule has 2 aliphatic rings. The summed E-state index contributed by atoms with van der Waals surface area (Å²) in [6.07, 6.45) is 0. The van der Waals surface area contributed by atoms with Gasteiger partial charge in [0, 0.05) is 16.1 Å². The molecule has 5 rings (SSSR count). The van der Waals surface area contributed by atoms with Crippen LogP contribution in [0.3, 0.4) is 0 Å². The normalized spacial score (nSPS) is 17.6. The fourth-order valence-electron chi connectivity index (χ4n) is 4.17. The number of ketones is 2. The summed E-state index contributed by atoms with van der Waals surface area (Å²) in [5.41, 5.74) is 0.257. The van der Waals surface area contributed by atoms with E-state index in [0.29, 0.717) is 10.7 Å². The minimum atomic E-state index is -1.58. The van der Waals surface area contributed by atoms with Gasteiger partial charge in [-0.3, -0.25) is 19.1 Å². The number of aliphatic carboxylic acids is 1. The number of nitrogens with zero attached hydrogens (tertiary/aromatic N) is 2. The first-order chi connectivity index (χ1) is 14.8. The van der Waals surface area contributed by atoms with Crippen molar-refractivity contribution in [3.8, 4) is 17.4 Å². The smallest absolute Gasteiger partial charge is 0.333 e. The number of Topliss-reactive ketones (excluding diaryl/α,β-unsaturated/α-hetero) is 2. The summed E-state index contributed by atoms with van der Waals surface area (Å²) in [5.74, 6) is -4.92. The van der Waals surface area contributed by atoms with E-state index in [1.807, 2.05) is 0 Å². The zero-order chi connectivity index (χ0) is 22.0. The van der Waals surface area contributed by atoms with Crippen molar-refractivity contribution in [3.63, 3.8) is 0 Å². The second-order valence-corrected chi connectivity index (χ2v) is 7.65. The molecule has 0 radical (unpaired) electrons. The topological polar surface area (TPSA) is 129 Å². The average Bonchev–Trinajstić information content (AvgIpc) is 3.34. The molecule has 0 amide bonds. The van der Waals surface area contributed by atoms with Gasteiger partial charge in [0.05, 0.1) is 22.5 Å². The van der Waals surface area contributed by atoms with Gasteiger partial charge in [-0.1, -0.05) is 35.9 Å². The number of carboxylic acids is 1. The molecule has 154 valence electrons.